The van der Waals surface area contributed by atoms with Crippen LogP contribution in [0, 0.1) is 11.6 Å². The molecule has 1 fully saturated rings. The van der Waals surface area contributed by atoms with Crippen molar-refractivity contribution in [2.75, 3.05) is 31.1 Å². The Bertz CT molecular complexity index is 621. The molecule has 1 saturated heterocycles. The first-order valence-electron chi connectivity index (χ1n) is 7.40. The molecule has 1 aliphatic heterocycles. The van der Waals surface area contributed by atoms with Crippen molar-refractivity contribution in [2.24, 2.45) is 0 Å². The van der Waals surface area contributed by atoms with Crippen molar-refractivity contribution < 1.29 is 8.78 Å². The molecule has 4 nitrogen and oxygen atoms in total. The van der Waals surface area contributed by atoms with Crippen LogP contribution in [0.4, 0.5) is 14.5 Å². The molecule has 116 valence electrons. The Kier molecular flexibility index (Phi) is 4.58. The molecule has 22 heavy (non-hydrogen) atoms. The van der Waals surface area contributed by atoms with E-state index in [-0.39, 0.29) is 0 Å². The Morgan fingerprint density at radius 3 is 2.55 bits per heavy atom. The average molecular weight is 304 g/mol. The van der Waals surface area contributed by atoms with Crippen molar-refractivity contribution in [3.63, 3.8) is 0 Å². The summed E-state index contributed by atoms with van der Waals surface area (Å²) in [5.74, 6) is -0.790. The van der Waals surface area contributed by atoms with Gasteiger partial charge in [-0.15, -0.1) is 0 Å². The van der Waals surface area contributed by atoms with Gasteiger partial charge in [-0.2, -0.15) is 0 Å². The number of hydrogen-bond donors (Lipinski definition) is 0. The maximum atomic E-state index is 13.4. The summed E-state index contributed by atoms with van der Waals surface area (Å²) in [6, 6.07) is 5.89. The molecule has 1 aliphatic rings. The molecule has 6 heteroatoms. The van der Waals surface area contributed by atoms with Crippen LogP contribution in [0.3, 0.4) is 0 Å². The second kappa shape index (κ2) is 6.79. The fourth-order valence-electron chi connectivity index (χ4n) is 2.68. The summed E-state index contributed by atoms with van der Waals surface area (Å²) >= 11 is 0. The van der Waals surface area contributed by atoms with Crippen molar-refractivity contribution in [1.29, 1.82) is 0 Å². The topological polar surface area (TPSA) is 32.3 Å². The zero-order valence-electron chi connectivity index (χ0n) is 12.3. The third-order valence-corrected chi connectivity index (χ3v) is 3.84. The fraction of sp³-hybridized carbons (Fsp3) is 0.375. The molecule has 2 heterocycles. The van der Waals surface area contributed by atoms with Gasteiger partial charge in [0.25, 0.3) is 0 Å². The predicted octanol–water partition coefficient (Wildman–Crippen LogP) is 2.47. The summed E-state index contributed by atoms with van der Waals surface area (Å²) in [4.78, 5) is 12.9. The Labute approximate surface area is 128 Å². The minimum Gasteiger partial charge on any atom is -0.370 e. The van der Waals surface area contributed by atoms with Crippen LogP contribution < -0.4 is 4.90 Å². The molecule has 0 saturated carbocycles. The van der Waals surface area contributed by atoms with Gasteiger partial charge in [0, 0.05) is 50.3 Å². The van der Waals surface area contributed by atoms with Crippen molar-refractivity contribution in [3.8, 4) is 0 Å². The Morgan fingerprint density at radius 1 is 0.955 bits per heavy atom. The first-order chi connectivity index (χ1) is 10.7. The SMILES string of the molecule is Fc1ccc(N2CCCN(Cc3ncccn3)CC2)cc1F. The van der Waals surface area contributed by atoms with Crippen LogP contribution in [0.1, 0.15) is 12.2 Å². The van der Waals surface area contributed by atoms with Gasteiger partial charge in [-0.05, 0) is 24.6 Å². The standard InChI is InChI=1S/C16H18F2N4/c17-14-4-3-13(11-15(14)18)22-8-2-7-21(9-10-22)12-16-19-5-1-6-20-16/h1,3-6,11H,2,7-10,12H2. The van der Waals surface area contributed by atoms with E-state index in [1.165, 1.54) is 12.1 Å². The summed E-state index contributed by atoms with van der Waals surface area (Å²) in [6.45, 7) is 4.11. The molecule has 0 amide bonds. The van der Waals surface area contributed by atoms with Crippen molar-refractivity contribution in [3.05, 3.63) is 54.1 Å². The normalized spacial score (nSPS) is 16.5. The third kappa shape index (κ3) is 3.57. The molecular weight excluding hydrogens is 286 g/mol. The predicted molar refractivity (Wildman–Crippen MR) is 80.5 cm³/mol. The van der Waals surface area contributed by atoms with Crippen LogP contribution in [-0.4, -0.2) is 41.0 Å². The van der Waals surface area contributed by atoms with Gasteiger partial charge in [0.2, 0.25) is 0 Å². The molecule has 0 unspecified atom stereocenters. The second-order valence-corrected chi connectivity index (χ2v) is 5.38. The number of hydrogen-bond acceptors (Lipinski definition) is 4. The van der Waals surface area contributed by atoms with Crippen molar-refractivity contribution >= 4 is 5.69 Å². The van der Waals surface area contributed by atoms with E-state index in [2.05, 4.69) is 19.8 Å². The maximum absolute atomic E-state index is 13.4. The number of rotatable bonds is 3. The highest BCUT2D eigenvalue weighted by Gasteiger charge is 2.17. The van der Waals surface area contributed by atoms with E-state index >= 15 is 0 Å². The van der Waals surface area contributed by atoms with Crippen LogP contribution >= 0.6 is 0 Å². The molecule has 0 bridgehead atoms. The average Bonchev–Trinajstić information content (AvgIpc) is 2.77. The lowest BCUT2D eigenvalue weighted by atomic mass is 10.2. The molecule has 0 N–H and O–H groups in total. The van der Waals surface area contributed by atoms with Crippen LogP contribution in [0.15, 0.2) is 36.7 Å². The van der Waals surface area contributed by atoms with Crippen LogP contribution in [-0.2, 0) is 6.54 Å². The van der Waals surface area contributed by atoms with E-state index in [1.54, 1.807) is 24.5 Å². The fourth-order valence-corrected chi connectivity index (χ4v) is 2.68. The molecular formula is C16H18F2N4. The zero-order valence-corrected chi connectivity index (χ0v) is 12.3. The largest absolute Gasteiger partial charge is 0.370 e. The minimum atomic E-state index is -0.804. The van der Waals surface area contributed by atoms with Crippen LogP contribution in [0.2, 0.25) is 0 Å². The summed E-state index contributed by atoms with van der Waals surface area (Å²) in [5, 5.41) is 0. The van der Waals surface area contributed by atoms with Gasteiger partial charge in [0.15, 0.2) is 11.6 Å². The maximum Gasteiger partial charge on any atom is 0.160 e. The summed E-state index contributed by atoms with van der Waals surface area (Å²) < 4.78 is 26.4. The quantitative estimate of drug-likeness (QED) is 0.872. The molecule has 2 aromatic rings. The number of anilines is 1. The van der Waals surface area contributed by atoms with E-state index in [0.29, 0.717) is 6.54 Å². The van der Waals surface area contributed by atoms with E-state index < -0.39 is 11.6 Å². The highest BCUT2D eigenvalue weighted by molar-refractivity contribution is 5.46. The lowest BCUT2D eigenvalue weighted by Crippen LogP contribution is -2.31. The number of halogens is 2. The Hall–Kier alpha value is -2.08. The van der Waals surface area contributed by atoms with Gasteiger partial charge in [0.05, 0.1) is 6.54 Å². The molecule has 1 aromatic heterocycles. The van der Waals surface area contributed by atoms with Crippen LogP contribution in [0.5, 0.6) is 0 Å². The monoisotopic (exact) mass is 304 g/mol. The molecule has 3 rings (SSSR count). The Balaban J connectivity index is 1.63. The van der Waals surface area contributed by atoms with E-state index in [4.69, 9.17) is 0 Å². The van der Waals surface area contributed by atoms with E-state index in [0.717, 1.165) is 44.1 Å². The van der Waals surface area contributed by atoms with E-state index in [9.17, 15) is 8.78 Å². The zero-order chi connectivity index (χ0) is 15.4. The number of nitrogens with zero attached hydrogens (tertiary/aromatic N) is 4. The first kappa shape index (κ1) is 14.8. The molecule has 1 aromatic carbocycles. The second-order valence-electron chi connectivity index (χ2n) is 5.38. The van der Waals surface area contributed by atoms with Crippen molar-refractivity contribution in [2.45, 2.75) is 13.0 Å². The van der Waals surface area contributed by atoms with E-state index in [1.807, 2.05) is 0 Å². The van der Waals surface area contributed by atoms with Gasteiger partial charge in [-0.3, -0.25) is 4.90 Å². The molecule has 0 spiro atoms. The van der Waals surface area contributed by atoms with Crippen molar-refractivity contribution in [1.82, 2.24) is 14.9 Å². The lowest BCUT2D eigenvalue weighted by molar-refractivity contribution is 0.278. The smallest absolute Gasteiger partial charge is 0.160 e. The minimum absolute atomic E-state index is 0.715. The van der Waals surface area contributed by atoms with Gasteiger partial charge in [0.1, 0.15) is 5.82 Å². The number of aromatic nitrogens is 2. The third-order valence-electron chi connectivity index (χ3n) is 3.84. The summed E-state index contributed by atoms with van der Waals surface area (Å²) in [5.41, 5.74) is 0.733. The molecule has 0 atom stereocenters. The molecule has 0 radical (unpaired) electrons. The van der Waals surface area contributed by atoms with Gasteiger partial charge >= 0.3 is 0 Å². The highest BCUT2D eigenvalue weighted by atomic mass is 19.2. The van der Waals surface area contributed by atoms with Crippen LogP contribution in [0.25, 0.3) is 0 Å². The molecule has 0 aliphatic carbocycles. The van der Waals surface area contributed by atoms with Gasteiger partial charge < -0.3 is 4.90 Å². The summed E-state index contributed by atoms with van der Waals surface area (Å²) in [6.07, 6.45) is 4.45. The van der Waals surface area contributed by atoms with Gasteiger partial charge in [-0.1, -0.05) is 0 Å². The lowest BCUT2D eigenvalue weighted by Gasteiger charge is -2.23. The first-order valence-corrected chi connectivity index (χ1v) is 7.40. The highest BCUT2D eigenvalue weighted by Crippen LogP contribution is 2.19. The number of benzene rings is 1. The summed E-state index contributed by atoms with van der Waals surface area (Å²) in [7, 11) is 0. The Morgan fingerprint density at radius 2 is 1.77 bits per heavy atom. The van der Waals surface area contributed by atoms with Gasteiger partial charge in [-0.25, -0.2) is 18.7 Å².